The first-order valence-electron chi connectivity index (χ1n) is 4.28. The van der Waals surface area contributed by atoms with Gasteiger partial charge >= 0.3 is 0 Å². The predicted octanol–water partition coefficient (Wildman–Crippen LogP) is 1.47. The maximum Gasteiger partial charge on any atom is 0.141 e. The van der Waals surface area contributed by atoms with Gasteiger partial charge in [-0.1, -0.05) is 12.1 Å². The second-order valence-electron chi connectivity index (χ2n) is 3.10. The molecule has 14 heavy (non-hydrogen) atoms. The number of benzene rings is 1. The van der Waals surface area contributed by atoms with E-state index in [1.165, 1.54) is 0 Å². The molecule has 4 heteroatoms. The van der Waals surface area contributed by atoms with Gasteiger partial charge in [-0.2, -0.15) is 5.10 Å². The fraction of sp³-hybridized carbons (Fsp3) is 0.100. The Labute approximate surface area is 81.6 Å². The zero-order valence-electron chi connectivity index (χ0n) is 7.81. The largest absolute Gasteiger partial charge is 0.506 e. The summed E-state index contributed by atoms with van der Waals surface area (Å²) in [5.41, 5.74) is 7.67. The number of aromatic hydroxyl groups is 1. The highest BCUT2D eigenvalue weighted by atomic mass is 16.3. The lowest BCUT2D eigenvalue weighted by molar-refractivity contribution is 0.470. The number of nitrogens with zero attached hydrogens (tertiary/aromatic N) is 2. The van der Waals surface area contributed by atoms with Crippen molar-refractivity contribution in [1.29, 1.82) is 0 Å². The number of anilines is 1. The Morgan fingerprint density at radius 3 is 2.64 bits per heavy atom. The molecule has 1 aromatic carbocycles. The third-order valence-corrected chi connectivity index (χ3v) is 2.07. The van der Waals surface area contributed by atoms with Crippen LogP contribution in [-0.2, 0) is 0 Å². The van der Waals surface area contributed by atoms with Crippen molar-refractivity contribution in [2.45, 2.75) is 6.92 Å². The van der Waals surface area contributed by atoms with Crippen LogP contribution in [0.3, 0.4) is 0 Å². The fourth-order valence-electron chi connectivity index (χ4n) is 1.25. The summed E-state index contributed by atoms with van der Waals surface area (Å²) in [6.45, 7) is 1.83. The Bertz CT molecular complexity index is 443. The van der Waals surface area contributed by atoms with E-state index in [-0.39, 0.29) is 5.75 Å². The van der Waals surface area contributed by atoms with Gasteiger partial charge in [-0.25, -0.2) is 4.68 Å². The van der Waals surface area contributed by atoms with Crippen molar-refractivity contribution < 1.29 is 5.11 Å². The first-order chi connectivity index (χ1) is 6.68. The number of phenols is 1. The van der Waals surface area contributed by atoms with Gasteiger partial charge in [0.15, 0.2) is 0 Å². The minimum atomic E-state index is 0.190. The summed E-state index contributed by atoms with van der Waals surface area (Å²) >= 11 is 0. The van der Waals surface area contributed by atoms with E-state index in [1.54, 1.807) is 29.1 Å². The van der Waals surface area contributed by atoms with E-state index in [2.05, 4.69) is 5.10 Å². The number of nitrogens with two attached hydrogens (primary N) is 1. The number of hydrogen-bond acceptors (Lipinski definition) is 3. The summed E-state index contributed by atoms with van der Waals surface area (Å²) in [7, 11) is 0. The van der Waals surface area contributed by atoms with Crippen molar-refractivity contribution in [2.75, 3.05) is 5.73 Å². The Morgan fingerprint density at radius 1 is 1.36 bits per heavy atom. The predicted molar refractivity (Wildman–Crippen MR) is 54.4 cm³/mol. The van der Waals surface area contributed by atoms with Gasteiger partial charge in [-0.15, -0.1) is 0 Å². The summed E-state index contributed by atoms with van der Waals surface area (Å²) < 4.78 is 1.57. The number of para-hydroxylation sites is 2. The quantitative estimate of drug-likeness (QED) is 0.714. The van der Waals surface area contributed by atoms with Crippen molar-refractivity contribution in [1.82, 2.24) is 9.78 Å². The van der Waals surface area contributed by atoms with Gasteiger partial charge in [-0.05, 0) is 19.1 Å². The van der Waals surface area contributed by atoms with Gasteiger partial charge < -0.3 is 10.8 Å². The van der Waals surface area contributed by atoms with Crippen molar-refractivity contribution in [3.63, 3.8) is 0 Å². The molecule has 0 radical (unpaired) electrons. The van der Waals surface area contributed by atoms with Crippen LogP contribution in [0.25, 0.3) is 5.69 Å². The van der Waals surface area contributed by atoms with E-state index in [9.17, 15) is 5.11 Å². The number of aryl methyl sites for hydroxylation is 1. The highest BCUT2D eigenvalue weighted by Crippen LogP contribution is 2.21. The molecule has 0 aliphatic heterocycles. The van der Waals surface area contributed by atoms with E-state index < -0.39 is 0 Å². The number of aromatic nitrogens is 2. The third kappa shape index (κ3) is 1.31. The number of nitrogen functional groups attached to an aromatic ring is 1. The summed E-state index contributed by atoms with van der Waals surface area (Å²) in [6.07, 6.45) is 1.68. The van der Waals surface area contributed by atoms with Gasteiger partial charge in [0.2, 0.25) is 0 Å². The summed E-state index contributed by atoms with van der Waals surface area (Å²) in [6, 6.07) is 6.99. The zero-order chi connectivity index (χ0) is 10.1. The molecule has 0 spiro atoms. The lowest BCUT2D eigenvalue weighted by atomic mass is 10.3. The highest BCUT2D eigenvalue weighted by Gasteiger charge is 2.05. The van der Waals surface area contributed by atoms with Crippen LogP contribution in [0.15, 0.2) is 30.5 Å². The Morgan fingerprint density at radius 2 is 2.07 bits per heavy atom. The molecule has 2 aromatic rings. The van der Waals surface area contributed by atoms with E-state index in [4.69, 9.17) is 5.73 Å². The minimum absolute atomic E-state index is 0.190. The lowest BCUT2D eigenvalue weighted by Gasteiger charge is -2.02. The average Bonchev–Trinajstić information content (AvgIpc) is 2.48. The van der Waals surface area contributed by atoms with Crippen LogP contribution >= 0.6 is 0 Å². The molecule has 0 atom stereocenters. The van der Waals surface area contributed by atoms with Crippen molar-refractivity contribution in [2.24, 2.45) is 0 Å². The van der Waals surface area contributed by atoms with Crippen LogP contribution in [0.2, 0.25) is 0 Å². The average molecular weight is 189 g/mol. The van der Waals surface area contributed by atoms with Gasteiger partial charge in [0.25, 0.3) is 0 Å². The lowest BCUT2D eigenvalue weighted by Crippen LogP contribution is -1.94. The first-order valence-corrected chi connectivity index (χ1v) is 4.28. The smallest absolute Gasteiger partial charge is 0.141 e. The molecule has 1 aromatic heterocycles. The standard InChI is InChI=1S/C10H11N3O/c1-7-8(11)6-13(12-7)9-4-2-3-5-10(9)14/h2-6,14H,11H2,1H3. The van der Waals surface area contributed by atoms with E-state index >= 15 is 0 Å². The molecular formula is C10H11N3O. The summed E-state index contributed by atoms with van der Waals surface area (Å²) in [5, 5.41) is 13.7. The van der Waals surface area contributed by atoms with Gasteiger partial charge in [0.05, 0.1) is 17.6 Å². The Balaban J connectivity index is 2.55. The molecule has 4 nitrogen and oxygen atoms in total. The summed E-state index contributed by atoms with van der Waals surface area (Å²) in [4.78, 5) is 0. The molecule has 1 heterocycles. The molecule has 0 saturated heterocycles. The van der Waals surface area contributed by atoms with Crippen molar-refractivity contribution in [3.05, 3.63) is 36.2 Å². The second-order valence-corrected chi connectivity index (χ2v) is 3.10. The van der Waals surface area contributed by atoms with Crippen LogP contribution < -0.4 is 5.73 Å². The van der Waals surface area contributed by atoms with Gasteiger partial charge in [-0.3, -0.25) is 0 Å². The van der Waals surface area contributed by atoms with E-state index in [1.807, 2.05) is 13.0 Å². The summed E-state index contributed by atoms with van der Waals surface area (Å²) in [5.74, 6) is 0.190. The molecule has 0 bridgehead atoms. The first kappa shape index (κ1) is 8.62. The second kappa shape index (κ2) is 3.06. The van der Waals surface area contributed by atoms with E-state index in [0.29, 0.717) is 11.4 Å². The van der Waals surface area contributed by atoms with Crippen molar-refractivity contribution >= 4 is 5.69 Å². The van der Waals surface area contributed by atoms with Gasteiger partial charge in [0, 0.05) is 0 Å². The minimum Gasteiger partial charge on any atom is -0.506 e. The number of phenolic OH excluding ortho intramolecular Hbond substituents is 1. The van der Waals surface area contributed by atoms with Crippen LogP contribution in [0, 0.1) is 6.92 Å². The normalized spacial score (nSPS) is 10.4. The zero-order valence-corrected chi connectivity index (χ0v) is 7.81. The number of rotatable bonds is 1. The van der Waals surface area contributed by atoms with Crippen LogP contribution in [0.1, 0.15) is 5.69 Å². The van der Waals surface area contributed by atoms with Crippen LogP contribution in [0.4, 0.5) is 5.69 Å². The molecule has 2 rings (SSSR count). The molecular weight excluding hydrogens is 178 g/mol. The van der Waals surface area contributed by atoms with E-state index in [0.717, 1.165) is 5.69 Å². The molecule has 0 saturated carbocycles. The van der Waals surface area contributed by atoms with Crippen LogP contribution in [0.5, 0.6) is 5.75 Å². The SMILES string of the molecule is Cc1nn(-c2ccccc2O)cc1N. The van der Waals surface area contributed by atoms with Crippen LogP contribution in [-0.4, -0.2) is 14.9 Å². The maximum atomic E-state index is 9.56. The molecule has 0 unspecified atom stereocenters. The third-order valence-electron chi connectivity index (χ3n) is 2.07. The van der Waals surface area contributed by atoms with Crippen molar-refractivity contribution in [3.8, 4) is 11.4 Å². The molecule has 0 aliphatic rings. The molecule has 0 aliphatic carbocycles. The Kier molecular flexibility index (Phi) is 1.89. The topological polar surface area (TPSA) is 64.1 Å². The molecule has 3 N–H and O–H groups in total. The molecule has 0 fully saturated rings. The molecule has 0 amide bonds. The monoisotopic (exact) mass is 189 g/mol. The highest BCUT2D eigenvalue weighted by molar-refractivity contribution is 5.49. The Hall–Kier alpha value is -1.97. The van der Waals surface area contributed by atoms with Gasteiger partial charge in [0.1, 0.15) is 11.4 Å². The number of hydrogen-bond donors (Lipinski definition) is 2. The maximum absolute atomic E-state index is 9.56. The fourth-order valence-corrected chi connectivity index (χ4v) is 1.25. The molecule has 72 valence electrons.